The Morgan fingerprint density at radius 3 is 2.65 bits per heavy atom. The van der Waals surface area contributed by atoms with Crippen LogP contribution < -0.4 is 5.73 Å². The van der Waals surface area contributed by atoms with Crippen LogP contribution in [-0.2, 0) is 4.74 Å². The van der Waals surface area contributed by atoms with E-state index in [1.807, 2.05) is 0 Å². The summed E-state index contributed by atoms with van der Waals surface area (Å²) >= 11 is 1.14. The van der Waals surface area contributed by atoms with Crippen molar-refractivity contribution in [3.63, 3.8) is 0 Å². The molecule has 0 bridgehead atoms. The van der Waals surface area contributed by atoms with Gasteiger partial charge in [-0.1, -0.05) is 32.6 Å². The molecule has 1 heterocycles. The van der Waals surface area contributed by atoms with Crippen LogP contribution in [0.3, 0.4) is 0 Å². The fourth-order valence-corrected chi connectivity index (χ4v) is 2.23. The van der Waals surface area contributed by atoms with Crippen molar-refractivity contribution in [1.82, 2.24) is 4.37 Å². The Hall–Kier alpha value is -1.10. The van der Waals surface area contributed by atoms with Gasteiger partial charge >= 0.3 is 5.97 Å². The summed E-state index contributed by atoms with van der Waals surface area (Å²) in [6.07, 6.45) is 5.69. The molecule has 0 saturated heterocycles. The maximum atomic E-state index is 11.7. The lowest BCUT2D eigenvalue weighted by Crippen LogP contribution is -2.09. The summed E-state index contributed by atoms with van der Waals surface area (Å²) in [7, 11) is 0. The van der Waals surface area contributed by atoms with Gasteiger partial charge in [0.15, 0.2) is 0 Å². The molecule has 0 radical (unpaired) electrons. The predicted octanol–water partition coefficient (Wildman–Crippen LogP) is 3.16. The highest BCUT2D eigenvalue weighted by Gasteiger charge is 2.17. The number of ether oxygens (including phenoxy) is 1. The van der Waals surface area contributed by atoms with E-state index in [9.17, 15) is 4.79 Å². The predicted molar refractivity (Wildman–Crippen MR) is 70.3 cm³/mol. The van der Waals surface area contributed by atoms with Crippen LogP contribution >= 0.6 is 11.5 Å². The standard InChI is InChI=1S/C12H20N2O2S/c1-3-4-5-6-7-8-16-12(15)10-9(2)14-17-11(10)13/h3-8,13H2,1-2H3. The molecule has 0 atom stereocenters. The van der Waals surface area contributed by atoms with Crippen LogP contribution in [-0.4, -0.2) is 16.9 Å². The fraction of sp³-hybridized carbons (Fsp3) is 0.667. The van der Waals surface area contributed by atoms with Crippen LogP contribution in [0.2, 0.25) is 0 Å². The number of anilines is 1. The molecular weight excluding hydrogens is 236 g/mol. The monoisotopic (exact) mass is 256 g/mol. The third-order valence-corrected chi connectivity index (χ3v) is 3.34. The summed E-state index contributed by atoms with van der Waals surface area (Å²) in [6, 6.07) is 0. The molecule has 0 fully saturated rings. The number of rotatable bonds is 7. The number of aryl methyl sites for hydroxylation is 1. The molecule has 4 nitrogen and oxygen atoms in total. The molecular formula is C12H20N2O2S. The summed E-state index contributed by atoms with van der Waals surface area (Å²) in [4.78, 5) is 11.7. The van der Waals surface area contributed by atoms with Gasteiger partial charge in [-0.2, -0.15) is 4.37 Å². The number of carbonyl (C=O) groups excluding carboxylic acids is 1. The maximum Gasteiger partial charge on any atom is 0.343 e. The topological polar surface area (TPSA) is 65.2 Å². The lowest BCUT2D eigenvalue weighted by Gasteiger charge is -2.04. The first-order valence-corrected chi connectivity index (χ1v) is 6.83. The molecule has 0 aliphatic rings. The Balaban J connectivity index is 2.26. The molecule has 0 aliphatic carbocycles. The molecule has 96 valence electrons. The van der Waals surface area contributed by atoms with Gasteiger partial charge < -0.3 is 10.5 Å². The zero-order valence-electron chi connectivity index (χ0n) is 10.5. The zero-order chi connectivity index (χ0) is 12.7. The first-order chi connectivity index (χ1) is 8.16. The van der Waals surface area contributed by atoms with Gasteiger partial charge in [-0.15, -0.1) is 0 Å². The molecule has 5 heteroatoms. The van der Waals surface area contributed by atoms with Crippen molar-refractivity contribution in [2.45, 2.75) is 46.0 Å². The highest BCUT2D eigenvalue weighted by Crippen LogP contribution is 2.21. The average molecular weight is 256 g/mol. The number of carbonyl (C=O) groups is 1. The summed E-state index contributed by atoms with van der Waals surface area (Å²) in [5, 5.41) is 0.443. The van der Waals surface area contributed by atoms with Crippen LogP contribution in [0.25, 0.3) is 0 Å². The second-order valence-corrected chi connectivity index (χ2v) is 4.86. The van der Waals surface area contributed by atoms with E-state index in [1.165, 1.54) is 19.3 Å². The third-order valence-electron chi connectivity index (χ3n) is 2.57. The Kier molecular flexibility index (Phi) is 5.97. The summed E-state index contributed by atoms with van der Waals surface area (Å²) in [6.45, 7) is 4.41. The van der Waals surface area contributed by atoms with Gasteiger partial charge in [0.25, 0.3) is 0 Å². The molecule has 0 unspecified atom stereocenters. The van der Waals surface area contributed by atoms with Crippen molar-refractivity contribution in [1.29, 1.82) is 0 Å². The Labute approximate surface area is 106 Å². The third kappa shape index (κ3) is 4.34. The summed E-state index contributed by atoms with van der Waals surface area (Å²) in [5.74, 6) is -0.343. The molecule has 1 aromatic heterocycles. The number of hydrogen-bond donors (Lipinski definition) is 1. The smallest absolute Gasteiger partial charge is 0.343 e. The Bertz CT molecular complexity index is 344. The minimum Gasteiger partial charge on any atom is -0.462 e. The van der Waals surface area contributed by atoms with Gasteiger partial charge in [0.2, 0.25) is 0 Å². The van der Waals surface area contributed by atoms with Gasteiger partial charge in [0, 0.05) is 0 Å². The van der Waals surface area contributed by atoms with E-state index in [-0.39, 0.29) is 5.97 Å². The number of nitrogen functional groups attached to an aromatic ring is 1. The van der Waals surface area contributed by atoms with E-state index >= 15 is 0 Å². The van der Waals surface area contributed by atoms with Crippen molar-refractivity contribution >= 4 is 22.5 Å². The molecule has 17 heavy (non-hydrogen) atoms. The van der Waals surface area contributed by atoms with Crippen LogP contribution in [0.5, 0.6) is 0 Å². The van der Waals surface area contributed by atoms with Crippen LogP contribution in [0.1, 0.15) is 55.1 Å². The van der Waals surface area contributed by atoms with Gasteiger partial charge in [-0.25, -0.2) is 4.79 Å². The van der Waals surface area contributed by atoms with Gasteiger partial charge in [-0.05, 0) is 24.9 Å². The van der Waals surface area contributed by atoms with Crippen molar-refractivity contribution < 1.29 is 9.53 Å². The Morgan fingerprint density at radius 1 is 1.35 bits per heavy atom. The lowest BCUT2D eigenvalue weighted by molar-refractivity contribution is 0.0498. The number of aromatic nitrogens is 1. The first-order valence-electron chi connectivity index (χ1n) is 6.05. The van der Waals surface area contributed by atoms with E-state index in [4.69, 9.17) is 10.5 Å². The molecule has 1 aromatic rings. The maximum absolute atomic E-state index is 11.7. The van der Waals surface area contributed by atoms with Crippen LogP contribution in [0.15, 0.2) is 0 Å². The van der Waals surface area contributed by atoms with Crippen molar-refractivity contribution in [2.75, 3.05) is 12.3 Å². The number of nitrogens with zero attached hydrogens (tertiary/aromatic N) is 1. The van der Waals surface area contributed by atoms with Crippen LogP contribution in [0.4, 0.5) is 5.00 Å². The highest BCUT2D eigenvalue weighted by molar-refractivity contribution is 7.10. The van der Waals surface area contributed by atoms with E-state index in [0.717, 1.165) is 24.4 Å². The minimum absolute atomic E-state index is 0.343. The van der Waals surface area contributed by atoms with Crippen molar-refractivity contribution in [2.24, 2.45) is 0 Å². The largest absolute Gasteiger partial charge is 0.462 e. The number of unbranched alkanes of at least 4 members (excludes halogenated alkanes) is 4. The van der Waals surface area contributed by atoms with Crippen LogP contribution in [0, 0.1) is 6.92 Å². The SMILES string of the molecule is CCCCCCCOC(=O)c1c(C)nsc1N. The summed E-state index contributed by atoms with van der Waals surface area (Å²) < 4.78 is 9.20. The van der Waals surface area contributed by atoms with Gasteiger partial charge in [0.05, 0.1) is 12.3 Å². The number of hydrogen-bond acceptors (Lipinski definition) is 5. The van der Waals surface area contributed by atoms with E-state index in [0.29, 0.717) is 22.9 Å². The summed E-state index contributed by atoms with van der Waals surface area (Å²) in [5.41, 5.74) is 6.76. The molecule has 0 spiro atoms. The average Bonchev–Trinajstić information content (AvgIpc) is 2.63. The second kappa shape index (κ2) is 7.27. The van der Waals surface area contributed by atoms with E-state index < -0.39 is 0 Å². The second-order valence-electron chi connectivity index (χ2n) is 4.06. The highest BCUT2D eigenvalue weighted by atomic mass is 32.1. The molecule has 0 amide bonds. The number of esters is 1. The Morgan fingerprint density at radius 2 is 2.06 bits per heavy atom. The van der Waals surface area contributed by atoms with Gasteiger partial charge in [0.1, 0.15) is 10.6 Å². The quantitative estimate of drug-likeness (QED) is 0.601. The van der Waals surface area contributed by atoms with Gasteiger partial charge in [-0.3, -0.25) is 0 Å². The fourth-order valence-electron chi connectivity index (χ4n) is 1.58. The molecule has 2 N–H and O–H groups in total. The van der Waals surface area contributed by atoms with E-state index in [2.05, 4.69) is 11.3 Å². The zero-order valence-corrected chi connectivity index (χ0v) is 11.3. The molecule has 0 aliphatic heterocycles. The normalized spacial score (nSPS) is 10.5. The lowest BCUT2D eigenvalue weighted by atomic mass is 10.2. The molecule has 0 aromatic carbocycles. The van der Waals surface area contributed by atoms with Crippen molar-refractivity contribution in [3.8, 4) is 0 Å². The minimum atomic E-state index is -0.343. The van der Waals surface area contributed by atoms with E-state index in [1.54, 1.807) is 6.92 Å². The first kappa shape index (κ1) is 14.0. The molecule has 0 saturated carbocycles. The number of nitrogens with two attached hydrogens (primary N) is 1. The van der Waals surface area contributed by atoms with Crippen molar-refractivity contribution in [3.05, 3.63) is 11.3 Å². The molecule has 1 rings (SSSR count).